The van der Waals surface area contributed by atoms with E-state index in [0.717, 1.165) is 32.5 Å². The Morgan fingerprint density at radius 2 is 2.60 bits per heavy atom. The maximum absolute atomic E-state index is 11.7. The van der Waals surface area contributed by atoms with Gasteiger partial charge in [-0.15, -0.1) is 0 Å². The molecular weight excluding hydrogens is 192 g/mol. The van der Waals surface area contributed by atoms with Crippen molar-refractivity contribution in [3.05, 3.63) is 11.8 Å². The number of esters is 1. The summed E-state index contributed by atoms with van der Waals surface area (Å²) >= 11 is 0. The molecule has 2 aliphatic heterocycles. The number of hydrogen-bond acceptors (Lipinski definition) is 4. The highest BCUT2D eigenvalue weighted by Crippen LogP contribution is 2.24. The molecule has 0 radical (unpaired) electrons. The lowest BCUT2D eigenvalue weighted by molar-refractivity contribution is -0.148. The van der Waals surface area contributed by atoms with Crippen LogP contribution in [0.4, 0.5) is 0 Å². The number of hydrogen-bond donors (Lipinski definition) is 1. The molecule has 2 heterocycles. The molecule has 1 unspecified atom stereocenters. The monoisotopic (exact) mass is 210 g/mol. The Balaban J connectivity index is 1.82. The van der Waals surface area contributed by atoms with Crippen LogP contribution in [-0.2, 0) is 9.53 Å². The van der Waals surface area contributed by atoms with Gasteiger partial charge in [0.15, 0.2) is 0 Å². The van der Waals surface area contributed by atoms with Crippen molar-refractivity contribution in [1.82, 2.24) is 10.2 Å². The quantitative estimate of drug-likeness (QED) is 0.551. The summed E-state index contributed by atoms with van der Waals surface area (Å²) in [4.78, 5) is 13.8. The van der Waals surface area contributed by atoms with Crippen LogP contribution in [-0.4, -0.2) is 36.7 Å². The van der Waals surface area contributed by atoms with E-state index in [-0.39, 0.29) is 12.0 Å². The Labute approximate surface area is 90.3 Å². The minimum absolute atomic E-state index is 0.0709. The molecule has 15 heavy (non-hydrogen) atoms. The molecule has 1 atom stereocenters. The zero-order valence-electron chi connectivity index (χ0n) is 9.16. The van der Waals surface area contributed by atoms with Gasteiger partial charge >= 0.3 is 5.97 Å². The van der Waals surface area contributed by atoms with Crippen molar-refractivity contribution < 1.29 is 9.53 Å². The van der Waals surface area contributed by atoms with E-state index in [1.165, 1.54) is 5.70 Å². The van der Waals surface area contributed by atoms with E-state index in [1.807, 2.05) is 0 Å². The summed E-state index contributed by atoms with van der Waals surface area (Å²) in [5.41, 5.74) is 1.24. The molecule has 0 spiro atoms. The third-order valence-corrected chi connectivity index (χ3v) is 2.92. The van der Waals surface area contributed by atoms with E-state index in [2.05, 4.69) is 23.2 Å². The number of carbonyl (C=O) groups is 1. The van der Waals surface area contributed by atoms with Crippen LogP contribution in [0.15, 0.2) is 11.8 Å². The average molecular weight is 210 g/mol. The molecule has 1 saturated heterocycles. The summed E-state index contributed by atoms with van der Waals surface area (Å²) in [5.74, 6) is -0.0709. The molecule has 4 heteroatoms. The van der Waals surface area contributed by atoms with Crippen LogP contribution in [0.3, 0.4) is 0 Å². The molecule has 4 nitrogen and oxygen atoms in total. The summed E-state index contributed by atoms with van der Waals surface area (Å²) in [7, 11) is 0. The third kappa shape index (κ3) is 2.15. The summed E-state index contributed by atoms with van der Waals surface area (Å²) < 4.78 is 5.23. The normalized spacial score (nSPS) is 23.9. The van der Waals surface area contributed by atoms with Gasteiger partial charge in [-0.25, -0.2) is 4.79 Å². The minimum Gasteiger partial charge on any atom is -0.464 e. The zero-order valence-corrected chi connectivity index (χ0v) is 9.16. The van der Waals surface area contributed by atoms with Gasteiger partial charge in [-0.1, -0.05) is 19.4 Å². The smallest absolute Gasteiger partial charge is 0.329 e. The summed E-state index contributed by atoms with van der Waals surface area (Å²) in [6.07, 6.45) is 4.96. The minimum atomic E-state index is -0.0770. The second kappa shape index (κ2) is 4.66. The van der Waals surface area contributed by atoms with Gasteiger partial charge in [0.1, 0.15) is 6.04 Å². The van der Waals surface area contributed by atoms with Crippen LogP contribution < -0.4 is 5.32 Å². The van der Waals surface area contributed by atoms with E-state index >= 15 is 0 Å². The predicted molar refractivity (Wildman–Crippen MR) is 57.1 cm³/mol. The summed E-state index contributed by atoms with van der Waals surface area (Å²) in [5, 5.41) is 3.23. The van der Waals surface area contributed by atoms with Crippen molar-refractivity contribution in [3.8, 4) is 0 Å². The maximum Gasteiger partial charge on any atom is 0.329 e. The van der Waals surface area contributed by atoms with Gasteiger partial charge in [0.25, 0.3) is 0 Å². The first kappa shape index (κ1) is 10.5. The Hall–Kier alpha value is -1.03. The number of nitrogens with one attached hydrogen (secondary N) is 1. The van der Waals surface area contributed by atoms with Gasteiger partial charge in [0, 0.05) is 12.2 Å². The van der Waals surface area contributed by atoms with Gasteiger partial charge in [-0.2, -0.15) is 0 Å². The molecule has 2 rings (SSSR count). The SMILES string of the molecule is CCCCOC(=O)C1CC=C2CNCN21. The standard InChI is InChI=1S/C11H18N2O2/c1-2-3-6-15-11(14)10-5-4-9-7-12-8-13(9)10/h4,10,12H,2-3,5-8H2,1H3. The number of rotatable bonds is 4. The van der Waals surface area contributed by atoms with Gasteiger partial charge in [-0.05, 0) is 12.8 Å². The highest BCUT2D eigenvalue weighted by Gasteiger charge is 2.34. The molecule has 0 amide bonds. The molecule has 0 saturated carbocycles. The predicted octanol–water partition coefficient (Wildman–Crippen LogP) is 0.849. The van der Waals surface area contributed by atoms with E-state index in [0.29, 0.717) is 6.61 Å². The van der Waals surface area contributed by atoms with Crippen LogP contribution in [0, 0.1) is 0 Å². The molecule has 0 aromatic heterocycles. The molecule has 0 aromatic carbocycles. The molecule has 1 fully saturated rings. The van der Waals surface area contributed by atoms with E-state index in [4.69, 9.17) is 4.74 Å². The Morgan fingerprint density at radius 3 is 3.40 bits per heavy atom. The Morgan fingerprint density at radius 1 is 1.73 bits per heavy atom. The molecule has 1 N–H and O–H groups in total. The lowest BCUT2D eigenvalue weighted by atomic mass is 10.2. The van der Waals surface area contributed by atoms with Crippen LogP contribution >= 0.6 is 0 Å². The number of carbonyl (C=O) groups excluding carboxylic acids is 1. The largest absolute Gasteiger partial charge is 0.464 e. The lowest BCUT2D eigenvalue weighted by Crippen LogP contribution is -2.37. The molecular formula is C11H18N2O2. The van der Waals surface area contributed by atoms with Crippen molar-refractivity contribution in [2.45, 2.75) is 32.2 Å². The fourth-order valence-electron chi connectivity index (χ4n) is 2.02. The van der Waals surface area contributed by atoms with E-state index in [9.17, 15) is 4.79 Å². The van der Waals surface area contributed by atoms with Crippen molar-refractivity contribution in [1.29, 1.82) is 0 Å². The average Bonchev–Trinajstić information content (AvgIpc) is 2.78. The summed E-state index contributed by atoms with van der Waals surface area (Å²) in [6.45, 7) is 4.31. The van der Waals surface area contributed by atoms with Crippen LogP contribution in [0.2, 0.25) is 0 Å². The lowest BCUT2D eigenvalue weighted by Gasteiger charge is -2.22. The topological polar surface area (TPSA) is 41.6 Å². The molecule has 0 aliphatic carbocycles. The first-order valence-electron chi connectivity index (χ1n) is 5.66. The van der Waals surface area contributed by atoms with Gasteiger partial charge < -0.3 is 9.64 Å². The number of unbranched alkanes of at least 4 members (excludes halogenated alkanes) is 1. The number of fused-ring (bicyclic) bond motifs is 1. The number of ether oxygens (including phenoxy) is 1. The molecule has 84 valence electrons. The van der Waals surface area contributed by atoms with Crippen LogP contribution in [0.25, 0.3) is 0 Å². The van der Waals surface area contributed by atoms with Crippen molar-refractivity contribution in [2.75, 3.05) is 19.8 Å². The Bertz CT molecular complexity index is 276. The third-order valence-electron chi connectivity index (χ3n) is 2.92. The van der Waals surface area contributed by atoms with Gasteiger partial charge in [-0.3, -0.25) is 5.32 Å². The van der Waals surface area contributed by atoms with Gasteiger partial charge in [0.2, 0.25) is 0 Å². The first-order valence-corrected chi connectivity index (χ1v) is 5.66. The molecule has 0 bridgehead atoms. The van der Waals surface area contributed by atoms with Crippen LogP contribution in [0.1, 0.15) is 26.2 Å². The zero-order chi connectivity index (χ0) is 10.7. The van der Waals surface area contributed by atoms with Gasteiger partial charge in [0.05, 0.1) is 13.3 Å². The van der Waals surface area contributed by atoms with Crippen LogP contribution in [0.5, 0.6) is 0 Å². The van der Waals surface area contributed by atoms with Crippen molar-refractivity contribution in [3.63, 3.8) is 0 Å². The highest BCUT2D eigenvalue weighted by molar-refractivity contribution is 5.77. The fourth-order valence-corrected chi connectivity index (χ4v) is 2.02. The first-order chi connectivity index (χ1) is 7.33. The summed E-state index contributed by atoms with van der Waals surface area (Å²) in [6, 6.07) is -0.0770. The maximum atomic E-state index is 11.7. The number of nitrogens with zero attached hydrogens (tertiary/aromatic N) is 1. The Kier molecular flexibility index (Phi) is 3.26. The fraction of sp³-hybridized carbons (Fsp3) is 0.727. The molecule has 2 aliphatic rings. The second-order valence-corrected chi connectivity index (χ2v) is 4.02. The van der Waals surface area contributed by atoms with Crippen molar-refractivity contribution in [2.24, 2.45) is 0 Å². The van der Waals surface area contributed by atoms with Crippen molar-refractivity contribution >= 4 is 5.97 Å². The highest BCUT2D eigenvalue weighted by atomic mass is 16.5. The van der Waals surface area contributed by atoms with E-state index in [1.54, 1.807) is 0 Å². The second-order valence-electron chi connectivity index (χ2n) is 4.02. The van der Waals surface area contributed by atoms with E-state index < -0.39 is 0 Å². The molecule has 0 aromatic rings.